The number of hydrogen-bond donors (Lipinski definition) is 2. The average Bonchev–Trinajstić information content (AvgIpc) is 3.38. The maximum atomic E-state index is 13.1. The molecule has 2 amide bonds. The fraction of sp³-hybridized carbons (Fsp3) is 0.480. The lowest BCUT2D eigenvalue weighted by molar-refractivity contribution is -0.121. The monoisotopic (exact) mass is 497 g/mol. The number of anilines is 1. The molecule has 0 bridgehead atoms. The third-order valence-electron chi connectivity index (χ3n) is 5.43. The zero-order valence-electron chi connectivity index (χ0n) is 21.6. The SMILES string of the molecule is CCCn1c(NC(=O)c2cc(C)nn2CC)nc2cc(C=O)cc(OCCCNC(=O)CN(C)C)c21. The van der Waals surface area contributed by atoms with E-state index in [4.69, 9.17) is 4.74 Å². The van der Waals surface area contributed by atoms with Gasteiger partial charge in [0.05, 0.1) is 24.4 Å². The summed E-state index contributed by atoms with van der Waals surface area (Å²) in [7, 11) is 3.67. The standard InChI is InChI=1S/C25H35N7O4/c1-6-10-31-23-19(27-25(31)28-24(35)20-12-17(3)29-32(20)7-2)13-18(16-33)14-21(23)36-11-8-9-26-22(34)15-30(4)5/h12-14,16H,6-11,15H2,1-5H3,(H,26,34)(H,27,28,35). The Balaban J connectivity index is 1.84. The molecular formula is C25H35N7O4. The van der Waals surface area contributed by atoms with Crippen LogP contribution in [0.3, 0.4) is 0 Å². The fourth-order valence-electron chi connectivity index (χ4n) is 3.93. The van der Waals surface area contributed by atoms with Gasteiger partial charge in [-0.25, -0.2) is 4.98 Å². The number of amides is 2. The first-order valence-electron chi connectivity index (χ1n) is 12.2. The summed E-state index contributed by atoms with van der Waals surface area (Å²) >= 11 is 0. The van der Waals surface area contributed by atoms with Crippen LogP contribution in [0.5, 0.6) is 5.75 Å². The predicted octanol–water partition coefficient (Wildman–Crippen LogP) is 2.48. The van der Waals surface area contributed by atoms with Crippen molar-refractivity contribution in [3.05, 3.63) is 35.2 Å². The predicted molar refractivity (Wildman–Crippen MR) is 138 cm³/mol. The van der Waals surface area contributed by atoms with Crippen LogP contribution in [0.2, 0.25) is 0 Å². The van der Waals surface area contributed by atoms with Crippen LogP contribution in [0, 0.1) is 6.92 Å². The number of rotatable bonds is 13. The lowest BCUT2D eigenvalue weighted by Crippen LogP contribution is -2.34. The second kappa shape index (κ2) is 12.3. The molecule has 0 aliphatic rings. The zero-order valence-corrected chi connectivity index (χ0v) is 21.6. The van der Waals surface area contributed by atoms with Gasteiger partial charge in [0.25, 0.3) is 5.91 Å². The number of aldehydes is 1. The van der Waals surface area contributed by atoms with E-state index in [1.54, 1.807) is 27.8 Å². The van der Waals surface area contributed by atoms with Crippen molar-refractivity contribution in [3.63, 3.8) is 0 Å². The van der Waals surface area contributed by atoms with Gasteiger partial charge in [-0.05, 0) is 59.0 Å². The Morgan fingerprint density at radius 1 is 1.19 bits per heavy atom. The van der Waals surface area contributed by atoms with Crippen LogP contribution in [0.4, 0.5) is 5.95 Å². The van der Waals surface area contributed by atoms with Gasteiger partial charge in [0, 0.05) is 25.2 Å². The van der Waals surface area contributed by atoms with Crippen LogP contribution in [0.25, 0.3) is 11.0 Å². The molecule has 0 unspecified atom stereocenters. The Hall–Kier alpha value is -3.73. The van der Waals surface area contributed by atoms with Crippen molar-refractivity contribution in [1.82, 2.24) is 29.5 Å². The number of fused-ring (bicyclic) bond motifs is 1. The normalized spacial score (nSPS) is 11.2. The number of benzene rings is 1. The van der Waals surface area contributed by atoms with E-state index in [-0.39, 0.29) is 11.8 Å². The highest BCUT2D eigenvalue weighted by molar-refractivity contribution is 6.03. The van der Waals surface area contributed by atoms with Gasteiger partial charge >= 0.3 is 0 Å². The van der Waals surface area contributed by atoms with Crippen molar-refractivity contribution < 1.29 is 19.1 Å². The molecule has 0 saturated carbocycles. The summed E-state index contributed by atoms with van der Waals surface area (Å²) in [5.41, 5.74) is 2.89. The van der Waals surface area contributed by atoms with Crippen LogP contribution in [0.1, 0.15) is 53.2 Å². The Labute approximate surface area is 210 Å². The molecule has 3 aromatic rings. The van der Waals surface area contributed by atoms with Crippen molar-refractivity contribution >= 4 is 35.1 Å². The lowest BCUT2D eigenvalue weighted by atomic mass is 10.2. The van der Waals surface area contributed by atoms with Crippen molar-refractivity contribution in [2.45, 2.75) is 46.7 Å². The number of aryl methyl sites for hydroxylation is 3. The van der Waals surface area contributed by atoms with E-state index in [1.807, 2.05) is 39.4 Å². The molecule has 11 heteroatoms. The summed E-state index contributed by atoms with van der Waals surface area (Å²) in [6, 6.07) is 5.09. The fourth-order valence-corrected chi connectivity index (χ4v) is 3.93. The minimum atomic E-state index is -0.309. The minimum absolute atomic E-state index is 0.0497. The lowest BCUT2D eigenvalue weighted by Gasteiger charge is -2.13. The van der Waals surface area contributed by atoms with E-state index in [9.17, 15) is 14.4 Å². The Morgan fingerprint density at radius 2 is 1.97 bits per heavy atom. The Bertz CT molecular complexity index is 1230. The second-order valence-corrected chi connectivity index (χ2v) is 8.82. The molecular weight excluding hydrogens is 462 g/mol. The third kappa shape index (κ3) is 6.48. The van der Waals surface area contributed by atoms with Gasteiger partial charge in [-0.15, -0.1) is 0 Å². The van der Waals surface area contributed by atoms with Gasteiger partial charge in [0.2, 0.25) is 11.9 Å². The van der Waals surface area contributed by atoms with Gasteiger partial charge in [-0.2, -0.15) is 5.10 Å². The molecule has 2 aromatic heterocycles. The summed E-state index contributed by atoms with van der Waals surface area (Å²) in [5.74, 6) is 0.523. The number of nitrogens with zero attached hydrogens (tertiary/aromatic N) is 5. The molecule has 0 atom stereocenters. The van der Waals surface area contributed by atoms with Crippen molar-refractivity contribution in [2.75, 3.05) is 39.1 Å². The summed E-state index contributed by atoms with van der Waals surface area (Å²) < 4.78 is 9.59. The van der Waals surface area contributed by atoms with Crippen molar-refractivity contribution in [1.29, 1.82) is 0 Å². The Morgan fingerprint density at radius 3 is 2.64 bits per heavy atom. The Kier molecular flexibility index (Phi) is 9.18. The summed E-state index contributed by atoms with van der Waals surface area (Å²) in [5, 5.41) is 10.1. The first-order chi connectivity index (χ1) is 17.3. The van der Waals surface area contributed by atoms with Crippen LogP contribution in [-0.2, 0) is 17.9 Å². The van der Waals surface area contributed by atoms with E-state index in [1.165, 1.54) is 0 Å². The maximum Gasteiger partial charge on any atom is 0.276 e. The number of aromatic nitrogens is 4. The molecule has 0 aliphatic heterocycles. The maximum absolute atomic E-state index is 13.1. The molecule has 36 heavy (non-hydrogen) atoms. The molecule has 194 valence electrons. The molecule has 1 aromatic carbocycles. The van der Waals surface area contributed by atoms with Gasteiger partial charge in [0.1, 0.15) is 23.2 Å². The van der Waals surface area contributed by atoms with Crippen LogP contribution in [-0.4, -0.2) is 76.1 Å². The van der Waals surface area contributed by atoms with Crippen LogP contribution in [0.15, 0.2) is 18.2 Å². The molecule has 0 radical (unpaired) electrons. The summed E-state index contributed by atoms with van der Waals surface area (Å²) in [6.45, 7) is 8.10. The van der Waals surface area contributed by atoms with E-state index in [2.05, 4.69) is 20.7 Å². The first-order valence-corrected chi connectivity index (χ1v) is 12.2. The molecule has 0 fully saturated rings. The highest BCUT2D eigenvalue weighted by atomic mass is 16.5. The second-order valence-electron chi connectivity index (χ2n) is 8.82. The van der Waals surface area contributed by atoms with Crippen molar-refractivity contribution in [3.8, 4) is 5.75 Å². The van der Waals surface area contributed by atoms with Gasteiger partial charge < -0.3 is 19.5 Å². The largest absolute Gasteiger partial charge is 0.491 e. The number of imidazole rings is 1. The number of nitrogens with one attached hydrogen (secondary N) is 2. The molecule has 2 heterocycles. The number of likely N-dealkylation sites (N-methyl/N-ethyl adjacent to an activating group) is 1. The van der Waals surface area contributed by atoms with Gasteiger partial charge in [-0.3, -0.25) is 24.4 Å². The summed E-state index contributed by atoms with van der Waals surface area (Å²) in [6.07, 6.45) is 2.14. The van der Waals surface area contributed by atoms with Gasteiger partial charge in [0.15, 0.2) is 0 Å². The number of hydrogen-bond acceptors (Lipinski definition) is 7. The zero-order chi connectivity index (χ0) is 26.2. The molecule has 3 rings (SSSR count). The quantitative estimate of drug-likeness (QED) is 0.275. The third-order valence-corrected chi connectivity index (χ3v) is 5.43. The topological polar surface area (TPSA) is 123 Å². The highest BCUT2D eigenvalue weighted by Crippen LogP contribution is 2.31. The number of ether oxygens (including phenoxy) is 1. The number of carbonyl (C=O) groups excluding carboxylic acids is 3. The summed E-state index contributed by atoms with van der Waals surface area (Å²) in [4.78, 5) is 42.9. The molecule has 0 aliphatic carbocycles. The van der Waals surface area contributed by atoms with Gasteiger partial charge in [-0.1, -0.05) is 6.92 Å². The smallest absolute Gasteiger partial charge is 0.276 e. The minimum Gasteiger partial charge on any atom is -0.491 e. The number of carbonyl (C=O) groups is 3. The van der Waals surface area contributed by atoms with Crippen molar-refractivity contribution in [2.24, 2.45) is 0 Å². The first kappa shape index (κ1) is 26.9. The molecule has 2 N–H and O–H groups in total. The van der Waals surface area contributed by atoms with E-state index >= 15 is 0 Å². The van der Waals surface area contributed by atoms with Crippen LogP contribution < -0.4 is 15.4 Å². The van der Waals surface area contributed by atoms with Crippen LogP contribution >= 0.6 is 0 Å². The van der Waals surface area contributed by atoms with E-state index in [0.29, 0.717) is 73.2 Å². The molecule has 11 nitrogen and oxygen atoms in total. The molecule has 0 saturated heterocycles. The van der Waals surface area contributed by atoms with E-state index < -0.39 is 0 Å². The van der Waals surface area contributed by atoms with E-state index in [0.717, 1.165) is 18.4 Å². The molecule has 0 spiro atoms. The average molecular weight is 498 g/mol. The highest BCUT2D eigenvalue weighted by Gasteiger charge is 2.20.